The SMILES string of the molecule is CCNC(=NCc1ccco1)N1CCN(c2ccccc2)CC1.I. The van der Waals surface area contributed by atoms with Crippen molar-refractivity contribution in [2.45, 2.75) is 13.5 Å². The highest BCUT2D eigenvalue weighted by molar-refractivity contribution is 14.0. The zero-order valence-electron chi connectivity index (χ0n) is 14.0. The lowest BCUT2D eigenvalue weighted by Gasteiger charge is -2.37. The summed E-state index contributed by atoms with van der Waals surface area (Å²) in [6.45, 7) is 7.51. The Balaban J connectivity index is 0.00000208. The van der Waals surface area contributed by atoms with E-state index in [1.54, 1.807) is 6.26 Å². The van der Waals surface area contributed by atoms with E-state index in [0.29, 0.717) is 6.54 Å². The van der Waals surface area contributed by atoms with Crippen molar-refractivity contribution in [2.24, 2.45) is 4.99 Å². The van der Waals surface area contributed by atoms with Gasteiger partial charge in [0.25, 0.3) is 0 Å². The molecule has 130 valence electrons. The Morgan fingerprint density at radius 2 is 1.83 bits per heavy atom. The Bertz CT molecular complexity index is 607. The predicted octanol–water partition coefficient (Wildman–Crippen LogP) is 3.19. The summed E-state index contributed by atoms with van der Waals surface area (Å²) in [5, 5.41) is 3.39. The average Bonchev–Trinajstić information content (AvgIpc) is 3.13. The summed E-state index contributed by atoms with van der Waals surface area (Å²) in [6.07, 6.45) is 1.69. The van der Waals surface area contributed by atoms with Crippen molar-refractivity contribution < 1.29 is 4.42 Å². The number of para-hydroxylation sites is 1. The minimum atomic E-state index is 0. The fourth-order valence-electron chi connectivity index (χ4n) is 2.80. The molecule has 0 amide bonds. The molecule has 2 heterocycles. The van der Waals surface area contributed by atoms with Crippen molar-refractivity contribution in [3.63, 3.8) is 0 Å². The van der Waals surface area contributed by atoms with Crippen LogP contribution in [0.1, 0.15) is 12.7 Å². The first-order valence-corrected chi connectivity index (χ1v) is 8.22. The van der Waals surface area contributed by atoms with E-state index in [1.807, 2.05) is 12.1 Å². The molecule has 0 aliphatic carbocycles. The Kier molecular flexibility index (Phi) is 7.42. The Morgan fingerprint density at radius 3 is 2.46 bits per heavy atom. The summed E-state index contributed by atoms with van der Waals surface area (Å²) >= 11 is 0. The number of anilines is 1. The van der Waals surface area contributed by atoms with Crippen molar-refractivity contribution >= 4 is 35.6 Å². The van der Waals surface area contributed by atoms with Crippen molar-refractivity contribution in [3.8, 4) is 0 Å². The van der Waals surface area contributed by atoms with E-state index >= 15 is 0 Å². The first-order valence-electron chi connectivity index (χ1n) is 8.22. The molecule has 5 nitrogen and oxygen atoms in total. The van der Waals surface area contributed by atoms with Gasteiger partial charge in [-0.2, -0.15) is 0 Å². The Hall–Kier alpha value is -1.70. The molecule has 1 N–H and O–H groups in total. The lowest BCUT2D eigenvalue weighted by molar-refractivity contribution is 0.371. The quantitative estimate of drug-likeness (QED) is 0.451. The van der Waals surface area contributed by atoms with Crippen LogP contribution in [-0.4, -0.2) is 43.6 Å². The van der Waals surface area contributed by atoms with Gasteiger partial charge in [0, 0.05) is 38.4 Å². The van der Waals surface area contributed by atoms with E-state index in [0.717, 1.165) is 44.4 Å². The standard InChI is InChI=1S/C18H24N4O.HI/c1-2-19-18(20-15-17-9-6-14-23-17)22-12-10-21(11-13-22)16-7-4-3-5-8-16;/h3-9,14H,2,10-13,15H2,1H3,(H,19,20);1H. The van der Waals surface area contributed by atoms with Crippen LogP contribution >= 0.6 is 24.0 Å². The number of furan rings is 1. The molecule has 6 heteroatoms. The van der Waals surface area contributed by atoms with E-state index in [2.05, 4.69) is 52.4 Å². The smallest absolute Gasteiger partial charge is 0.194 e. The van der Waals surface area contributed by atoms with Crippen LogP contribution in [0.4, 0.5) is 5.69 Å². The van der Waals surface area contributed by atoms with Crippen LogP contribution in [0.5, 0.6) is 0 Å². The third-order valence-corrected chi connectivity index (χ3v) is 4.00. The molecular formula is C18H25IN4O. The predicted molar refractivity (Wildman–Crippen MR) is 109 cm³/mol. The summed E-state index contributed by atoms with van der Waals surface area (Å²) in [7, 11) is 0. The van der Waals surface area contributed by atoms with Crippen molar-refractivity contribution in [1.29, 1.82) is 0 Å². The first kappa shape index (κ1) is 18.6. The largest absolute Gasteiger partial charge is 0.467 e. The molecule has 1 aliphatic rings. The molecule has 0 bridgehead atoms. The number of hydrogen-bond donors (Lipinski definition) is 1. The molecule has 1 aromatic heterocycles. The van der Waals surface area contributed by atoms with Crippen molar-refractivity contribution in [2.75, 3.05) is 37.6 Å². The van der Waals surface area contributed by atoms with Gasteiger partial charge in [0.15, 0.2) is 5.96 Å². The highest BCUT2D eigenvalue weighted by Crippen LogP contribution is 2.15. The molecule has 1 aromatic carbocycles. The van der Waals surface area contributed by atoms with Crippen LogP contribution in [0.2, 0.25) is 0 Å². The fourth-order valence-corrected chi connectivity index (χ4v) is 2.80. The second-order valence-electron chi connectivity index (χ2n) is 5.56. The third kappa shape index (κ3) is 4.90. The lowest BCUT2D eigenvalue weighted by atomic mass is 10.2. The molecule has 0 unspecified atom stereocenters. The topological polar surface area (TPSA) is 44.0 Å². The molecular weight excluding hydrogens is 415 g/mol. The molecule has 2 aromatic rings. The van der Waals surface area contributed by atoms with Crippen LogP contribution in [0, 0.1) is 0 Å². The minimum Gasteiger partial charge on any atom is -0.467 e. The number of aliphatic imine (C=N–C) groups is 1. The summed E-state index contributed by atoms with van der Waals surface area (Å²) < 4.78 is 5.36. The molecule has 3 rings (SSSR count). The van der Waals surface area contributed by atoms with Crippen LogP contribution in [0.25, 0.3) is 0 Å². The second-order valence-corrected chi connectivity index (χ2v) is 5.56. The molecule has 24 heavy (non-hydrogen) atoms. The number of hydrogen-bond acceptors (Lipinski definition) is 3. The van der Waals surface area contributed by atoms with Gasteiger partial charge in [-0.15, -0.1) is 24.0 Å². The maximum absolute atomic E-state index is 5.36. The molecule has 1 aliphatic heterocycles. The van der Waals surface area contributed by atoms with Gasteiger partial charge < -0.3 is 19.5 Å². The second kappa shape index (κ2) is 9.56. The van der Waals surface area contributed by atoms with E-state index < -0.39 is 0 Å². The zero-order chi connectivity index (χ0) is 15.9. The van der Waals surface area contributed by atoms with Gasteiger partial charge in [-0.1, -0.05) is 18.2 Å². The summed E-state index contributed by atoms with van der Waals surface area (Å²) in [6, 6.07) is 14.5. The van der Waals surface area contributed by atoms with Gasteiger partial charge in [-0.05, 0) is 31.2 Å². The molecule has 0 spiro atoms. The van der Waals surface area contributed by atoms with Crippen LogP contribution in [-0.2, 0) is 6.54 Å². The van der Waals surface area contributed by atoms with Crippen molar-refractivity contribution in [3.05, 3.63) is 54.5 Å². The summed E-state index contributed by atoms with van der Waals surface area (Å²) in [5.41, 5.74) is 1.30. The van der Waals surface area contributed by atoms with Gasteiger partial charge in [-0.3, -0.25) is 0 Å². The first-order chi connectivity index (χ1) is 11.4. The summed E-state index contributed by atoms with van der Waals surface area (Å²) in [4.78, 5) is 9.45. The number of benzene rings is 1. The van der Waals surface area contributed by atoms with Gasteiger partial charge in [-0.25, -0.2) is 4.99 Å². The number of rotatable bonds is 4. The molecule has 0 radical (unpaired) electrons. The number of piperazine rings is 1. The third-order valence-electron chi connectivity index (χ3n) is 4.00. The normalized spacial score (nSPS) is 15.1. The van der Waals surface area contributed by atoms with Crippen LogP contribution in [0.15, 0.2) is 58.1 Å². The van der Waals surface area contributed by atoms with E-state index in [1.165, 1.54) is 5.69 Å². The van der Waals surface area contributed by atoms with Gasteiger partial charge in [0.2, 0.25) is 0 Å². The number of guanidine groups is 1. The Labute approximate surface area is 160 Å². The van der Waals surface area contributed by atoms with Gasteiger partial charge in [0.05, 0.1) is 6.26 Å². The fraction of sp³-hybridized carbons (Fsp3) is 0.389. The van der Waals surface area contributed by atoms with E-state index in [4.69, 9.17) is 9.41 Å². The van der Waals surface area contributed by atoms with E-state index in [-0.39, 0.29) is 24.0 Å². The maximum Gasteiger partial charge on any atom is 0.194 e. The lowest BCUT2D eigenvalue weighted by Crippen LogP contribution is -2.52. The minimum absolute atomic E-state index is 0. The summed E-state index contributed by atoms with van der Waals surface area (Å²) in [5.74, 6) is 1.86. The zero-order valence-corrected chi connectivity index (χ0v) is 16.3. The number of nitrogens with one attached hydrogen (secondary N) is 1. The molecule has 0 saturated carbocycles. The number of nitrogens with zero attached hydrogens (tertiary/aromatic N) is 3. The number of halogens is 1. The van der Waals surface area contributed by atoms with E-state index in [9.17, 15) is 0 Å². The Morgan fingerprint density at radius 1 is 1.08 bits per heavy atom. The van der Waals surface area contributed by atoms with Crippen molar-refractivity contribution in [1.82, 2.24) is 10.2 Å². The van der Waals surface area contributed by atoms with Crippen LogP contribution < -0.4 is 10.2 Å². The van der Waals surface area contributed by atoms with Gasteiger partial charge >= 0.3 is 0 Å². The highest BCUT2D eigenvalue weighted by Gasteiger charge is 2.19. The monoisotopic (exact) mass is 440 g/mol. The molecule has 0 atom stereocenters. The molecule has 1 fully saturated rings. The average molecular weight is 440 g/mol. The maximum atomic E-state index is 5.36. The van der Waals surface area contributed by atoms with Gasteiger partial charge in [0.1, 0.15) is 12.3 Å². The highest BCUT2D eigenvalue weighted by atomic mass is 127. The van der Waals surface area contributed by atoms with Crippen LogP contribution in [0.3, 0.4) is 0 Å². The molecule has 1 saturated heterocycles.